The number of aliphatic carboxylic acids is 1. The zero-order chi connectivity index (χ0) is 15.3. The van der Waals surface area contributed by atoms with Gasteiger partial charge in [-0.05, 0) is 36.6 Å². The number of rotatable bonds is 5. The van der Waals surface area contributed by atoms with Crippen LogP contribution >= 0.6 is 15.9 Å². The summed E-state index contributed by atoms with van der Waals surface area (Å²) in [5.41, 5.74) is 1.68. The number of hydrogen-bond donors (Lipinski definition) is 3. The van der Waals surface area contributed by atoms with E-state index < -0.39 is 18.0 Å². The van der Waals surface area contributed by atoms with E-state index in [2.05, 4.69) is 26.6 Å². The maximum absolute atomic E-state index is 11.9. The largest absolute Gasteiger partial charge is 0.481 e. The first kappa shape index (κ1) is 16.5. The molecule has 0 aliphatic carbocycles. The van der Waals surface area contributed by atoms with Gasteiger partial charge in [0.25, 0.3) is 0 Å². The summed E-state index contributed by atoms with van der Waals surface area (Å²) in [6.07, 6.45) is -0.0928. The SMILES string of the molecule is Cc1cc(NC(=O)NC(CC(=O)O)C(C)C)ccc1Br. The highest BCUT2D eigenvalue weighted by Crippen LogP contribution is 2.20. The van der Waals surface area contributed by atoms with Gasteiger partial charge in [-0.2, -0.15) is 0 Å². The topological polar surface area (TPSA) is 78.4 Å². The summed E-state index contributed by atoms with van der Waals surface area (Å²) in [4.78, 5) is 22.6. The molecule has 0 aliphatic heterocycles. The number of nitrogens with one attached hydrogen (secondary N) is 2. The van der Waals surface area contributed by atoms with E-state index in [4.69, 9.17) is 5.11 Å². The Morgan fingerprint density at radius 3 is 2.50 bits per heavy atom. The predicted molar refractivity (Wildman–Crippen MR) is 81.9 cm³/mol. The lowest BCUT2D eigenvalue weighted by Gasteiger charge is -2.21. The van der Waals surface area contributed by atoms with Gasteiger partial charge < -0.3 is 15.7 Å². The highest BCUT2D eigenvalue weighted by molar-refractivity contribution is 9.10. The van der Waals surface area contributed by atoms with Gasteiger partial charge in [0.15, 0.2) is 0 Å². The van der Waals surface area contributed by atoms with Crippen LogP contribution in [-0.4, -0.2) is 23.1 Å². The molecule has 0 radical (unpaired) electrons. The maximum Gasteiger partial charge on any atom is 0.319 e. The lowest BCUT2D eigenvalue weighted by atomic mass is 10.0. The first-order chi connectivity index (χ1) is 9.29. The van der Waals surface area contributed by atoms with Crippen molar-refractivity contribution >= 4 is 33.6 Å². The lowest BCUT2D eigenvalue weighted by Crippen LogP contribution is -2.42. The molecular weight excluding hydrogens is 324 g/mol. The van der Waals surface area contributed by atoms with Crippen LogP contribution in [0.5, 0.6) is 0 Å². The van der Waals surface area contributed by atoms with Gasteiger partial charge in [-0.15, -0.1) is 0 Å². The minimum atomic E-state index is -0.927. The third-order valence-electron chi connectivity index (χ3n) is 2.93. The van der Waals surface area contributed by atoms with Crippen LogP contribution in [0.2, 0.25) is 0 Å². The van der Waals surface area contributed by atoms with Crippen LogP contribution in [0.15, 0.2) is 22.7 Å². The average Bonchev–Trinajstić information content (AvgIpc) is 2.32. The molecule has 0 saturated carbocycles. The van der Waals surface area contributed by atoms with Crippen molar-refractivity contribution in [2.24, 2.45) is 5.92 Å². The number of carboxylic acids is 1. The number of aryl methyl sites for hydroxylation is 1. The van der Waals surface area contributed by atoms with Crippen LogP contribution in [0.4, 0.5) is 10.5 Å². The van der Waals surface area contributed by atoms with E-state index in [0.717, 1.165) is 10.0 Å². The number of halogens is 1. The number of urea groups is 1. The van der Waals surface area contributed by atoms with Gasteiger partial charge in [-0.25, -0.2) is 4.79 Å². The fraction of sp³-hybridized carbons (Fsp3) is 0.429. The van der Waals surface area contributed by atoms with Crippen LogP contribution in [0.1, 0.15) is 25.8 Å². The molecule has 0 saturated heterocycles. The van der Waals surface area contributed by atoms with Gasteiger partial charge in [0, 0.05) is 16.2 Å². The normalized spacial score (nSPS) is 12.1. The van der Waals surface area contributed by atoms with Crippen molar-refractivity contribution in [3.63, 3.8) is 0 Å². The Labute approximate surface area is 126 Å². The summed E-state index contributed by atoms with van der Waals surface area (Å²) in [6, 6.07) is 4.67. The highest BCUT2D eigenvalue weighted by atomic mass is 79.9. The van der Waals surface area contributed by atoms with Gasteiger partial charge in [0.1, 0.15) is 0 Å². The fourth-order valence-electron chi connectivity index (χ4n) is 1.70. The molecule has 3 N–H and O–H groups in total. The molecule has 2 amide bonds. The summed E-state index contributed by atoms with van der Waals surface area (Å²) in [5.74, 6) is -0.882. The van der Waals surface area contributed by atoms with Crippen LogP contribution in [0, 0.1) is 12.8 Å². The monoisotopic (exact) mass is 342 g/mol. The molecule has 1 aromatic rings. The third-order valence-corrected chi connectivity index (χ3v) is 3.82. The van der Waals surface area contributed by atoms with Crippen LogP contribution in [0.25, 0.3) is 0 Å². The van der Waals surface area contributed by atoms with Gasteiger partial charge in [0.2, 0.25) is 0 Å². The standard InChI is InChI=1S/C14H19BrN2O3/c1-8(2)12(7-13(18)19)17-14(20)16-10-4-5-11(15)9(3)6-10/h4-6,8,12H,7H2,1-3H3,(H,18,19)(H2,16,17,20). The molecule has 20 heavy (non-hydrogen) atoms. The Balaban J connectivity index is 2.65. The first-order valence-electron chi connectivity index (χ1n) is 6.35. The molecule has 1 aromatic carbocycles. The highest BCUT2D eigenvalue weighted by Gasteiger charge is 2.19. The van der Waals surface area contributed by atoms with Crippen molar-refractivity contribution in [3.05, 3.63) is 28.2 Å². The van der Waals surface area contributed by atoms with Gasteiger partial charge in [-0.3, -0.25) is 4.79 Å². The molecule has 110 valence electrons. The van der Waals surface area contributed by atoms with Gasteiger partial charge in [-0.1, -0.05) is 29.8 Å². The number of benzene rings is 1. The van der Waals surface area contributed by atoms with Crippen molar-refractivity contribution in [3.8, 4) is 0 Å². The molecule has 0 aromatic heterocycles. The summed E-state index contributed by atoms with van der Waals surface area (Å²) in [6.45, 7) is 5.67. The molecule has 1 unspecified atom stereocenters. The predicted octanol–water partition coefficient (Wildman–Crippen LogP) is 3.38. The Hall–Kier alpha value is -1.56. The van der Waals surface area contributed by atoms with Crippen molar-refractivity contribution in [1.29, 1.82) is 0 Å². The van der Waals surface area contributed by atoms with Gasteiger partial charge in [0.05, 0.1) is 6.42 Å². The average molecular weight is 343 g/mol. The zero-order valence-electron chi connectivity index (χ0n) is 11.7. The molecule has 1 atom stereocenters. The minimum absolute atomic E-state index is 0.0449. The number of anilines is 1. The fourth-order valence-corrected chi connectivity index (χ4v) is 1.95. The Morgan fingerprint density at radius 1 is 1.35 bits per heavy atom. The quantitative estimate of drug-likeness (QED) is 0.767. The van der Waals surface area contributed by atoms with Crippen molar-refractivity contribution in [2.45, 2.75) is 33.2 Å². The number of carboxylic acid groups (broad SMARTS) is 1. The second kappa shape index (κ2) is 7.28. The third kappa shape index (κ3) is 5.21. The Bertz CT molecular complexity index is 503. The maximum atomic E-state index is 11.9. The number of hydrogen-bond acceptors (Lipinski definition) is 2. The van der Waals surface area contributed by atoms with Crippen molar-refractivity contribution in [2.75, 3.05) is 5.32 Å². The zero-order valence-corrected chi connectivity index (χ0v) is 13.3. The lowest BCUT2D eigenvalue weighted by molar-refractivity contribution is -0.137. The van der Waals surface area contributed by atoms with E-state index >= 15 is 0 Å². The molecule has 5 nitrogen and oxygen atoms in total. The molecule has 0 heterocycles. The van der Waals surface area contributed by atoms with Crippen LogP contribution < -0.4 is 10.6 Å². The molecule has 0 spiro atoms. The van der Waals surface area contributed by atoms with Gasteiger partial charge >= 0.3 is 12.0 Å². The van der Waals surface area contributed by atoms with E-state index in [0.29, 0.717) is 5.69 Å². The molecular formula is C14H19BrN2O3. The molecule has 1 rings (SSSR count). The summed E-state index contributed by atoms with van der Waals surface area (Å²) in [5, 5.41) is 14.2. The Morgan fingerprint density at radius 2 is 2.00 bits per heavy atom. The minimum Gasteiger partial charge on any atom is -0.481 e. The van der Waals surface area contributed by atoms with Crippen molar-refractivity contribution in [1.82, 2.24) is 5.32 Å². The molecule has 6 heteroatoms. The van der Waals surface area contributed by atoms with E-state index in [9.17, 15) is 9.59 Å². The van der Waals surface area contributed by atoms with E-state index in [1.54, 1.807) is 6.07 Å². The van der Waals surface area contributed by atoms with E-state index in [1.807, 2.05) is 32.9 Å². The van der Waals surface area contributed by atoms with E-state index in [1.165, 1.54) is 0 Å². The van der Waals surface area contributed by atoms with E-state index in [-0.39, 0.29) is 12.3 Å². The van der Waals surface area contributed by atoms with Crippen LogP contribution in [-0.2, 0) is 4.79 Å². The van der Waals surface area contributed by atoms with Crippen molar-refractivity contribution < 1.29 is 14.7 Å². The molecule has 0 bridgehead atoms. The molecule has 0 fully saturated rings. The summed E-state index contributed by atoms with van der Waals surface area (Å²) >= 11 is 3.39. The van der Waals surface area contributed by atoms with Crippen LogP contribution in [0.3, 0.4) is 0 Å². The summed E-state index contributed by atoms with van der Waals surface area (Å²) < 4.78 is 0.967. The number of amides is 2. The Kier molecular flexibility index (Phi) is 6.01. The smallest absolute Gasteiger partial charge is 0.319 e. The second-order valence-electron chi connectivity index (χ2n) is 5.01. The number of carbonyl (C=O) groups excluding carboxylic acids is 1. The summed E-state index contributed by atoms with van der Waals surface area (Å²) in [7, 11) is 0. The first-order valence-corrected chi connectivity index (χ1v) is 7.14. The molecule has 0 aliphatic rings. The number of carbonyl (C=O) groups is 2. The second-order valence-corrected chi connectivity index (χ2v) is 5.87.